The molecule has 0 fully saturated rings. The smallest absolute Gasteiger partial charge is 0.251 e. The Morgan fingerprint density at radius 1 is 1.44 bits per heavy atom. The lowest BCUT2D eigenvalue weighted by molar-refractivity contribution is 0.177. The fourth-order valence-corrected chi connectivity index (χ4v) is 1.74. The standard InChI is InChI=1S/C13H13FN2O2/c1-8-9(4-3-5-10(8)14)11-6-13(17)16-12(15-11)7-18-2/h3-6H,7H2,1-2H3,(H,15,16,17). The van der Waals surface area contributed by atoms with Gasteiger partial charge in [-0.05, 0) is 18.6 Å². The molecule has 0 unspecified atom stereocenters. The zero-order chi connectivity index (χ0) is 13.1. The van der Waals surface area contributed by atoms with Gasteiger partial charge in [-0.25, -0.2) is 9.37 Å². The number of nitrogens with zero attached hydrogens (tertiary/aromatic N) is 1. The van der Waals surface area contributed by atoms with Gasteiger partial charge in [0, 0.05) is 18.7 Å². The van der Waals surface area contributed by atoms with Gasteiger partial charge in [-0.1, -0.05) is 12.1 Å². The number of hydrogen-bond acceptors (Lipinski definition) is 3. The van der Waals surface area contributed by atoms with Crippen molar-refractivity contribution in [1.82, 2.24) is 9.97 Å². The Bertz CT molecular complexity index is 623. The molecule has 0 atom stereocenters. The summed E-state index contributed by atoms with van der Waals surface area (Å²) in [6.07, 6.45) is 0. The van der Waals surface area contributed by atoms with Gasteiger partial charge in [-0.3, -0.25) is 4.79 Å². The Hall–Kier alpha value is -2.01. The Morgan fingerprint density at radius 3 is 2.94 bits per heavy atom. The van der Waals surface area contributed by atoms with Crippen molar-refractivity contribution in [3.05, 3.63) is 51.8 Å². The largest absolute Gasteiger partial charge is 0.377 e. The molecular weight excluding hydrogens is 235 g/mol. The first-order valence-corrected chi connectivity index (χ1v) is 5.46. The van der Waals surface area contributed by atoms with Crippen LogP contribution in [0.1, 0.15) is 11.4 Å². The van der Waals surface area contributed by atoms with Crippen molar-refractivity contribution in [3.8, 4) is 11.3 Å². The first-order chi connectivity index (χ1) is 8.61. The number of aromatic nitrogens is 2. The zero-order valence-corrected chi connectivity index (χ0v) is 10.2. The molecule has 0 saturated heterocycles. The first-order valence-electron chi connectivity index (χ1n) is 5.46. The molecule has 2 rings (SSSR count). The van der Waals surface area contributed by atoms with Crippen molar-refractivity contribution < 1.29 is 9.13 Å². The summed E-state index contributed by atoms with van der Waals surface area (Å²) in [6.45, 7) is 1.86. The van der Waals surface area contributed by atoms with Crippen LogP contribution in [0, 0.1) is 12.7 Å². The van der Waals surface area contributed by atoms with E-state index in [0.29, 0.717) is 22.6 Å². The van der Waals surface area contributed by atoms with Gasteiger partial charge in [0.15, 0.2) is 0 Å². The van der Waals surface area contributed by atoms with Crippen molar-refractivity contribution in [2.24, 2.45) is 0 Å². The minimum atomic E-state index is -0.317. The van der Waals surface area contributed by atoms with E-state index in [1.54, 1.807) is 19.1 Å². The molecule has 4 nitrogen and oxygen atoms in total. The summed E-state index contributed by atoms with van der Waals surface area (Å²) in [4.78, 5) is 18.3. The van der Waals surface area contributed by atoms with Crippen LogP contribution in [0.2, 0.25) is 0 Å². The molecular formula is C13H13FN2O2. The summed E-state index contributed by atoms with van der Waals surface area (Å²) < 4.78 is 18.4. The van der Waals surface area contributed by atoms with Crippen LogP contribution in [-0.2, 0) is 11.3 Å². The SMILES string of the molecule is COCc1nc(-c2cccc(F)c2C)cc(=O)[nH]1. The minimum Gasteiger partial charge on any atom is -0.377 e. The number of hydrogen-bond donors (Lipinski definition) is 1. The van der Waals surface area contributed by atoms with Crippen LogP contribution in [0.15, 0.2) is 29.1 Å². The molecule has 0 saturated carbocycles. The Morgan fingerprint density at radius 2 is 2.22 bits per heavy atom. The van der Waals surface area contributed by atoms with Crippen molar-refractivity contribution in [2.45, 2.75) is 13.5 Å². The summed E-state index contributed by atoms with van der Waals surface area (Å²) in [5.41, 5.74) is 1.25. The highest BCUT2D eigenvalue weighted by molar-refractivity contribution is 5.63. The molecule has 1 aromatic carbocycles. The van der Waals surface area contributed by atoms with Crippen LogP contribution in [-0.4, -0.2) is 17.1 Å². The fourth-order valence-electron chi connectivity index (χ4n) is 1.74. The van der Waals surface area contributed by atoms with Crippen molar-refractivity contribution in [2.75, 3.05) is 7.11 Å². The van der Waals surface area contributed by atoms with E-state index < -0.39 is 0 Å². The summed E-state index contributed by atoms with van der Waals surface area (Å²) in [5, 5.41) is 0. The predicted molar refractivity (Wildman–Crippen MR) is 65.7 cm³/mol. The molecule has 1 N–H and O–H groups in total. The molecule has 0 aliphatic rings. The van der Waals surface area contributed by atoms with Gasteiger partial charge in [-0.2, -0.15) is 0 Å². The monoisotopic (exact) mass is 248 g/mol. The third kappa shape index (κ3) is 2.46. The molecule has 2 aromatic rings. The number of methoxy groups -OCH3 is 1. The van der Waals surface area contributed by atoms with E-state index in [2.05, 4.69) is 9.97 Å². The number of aromatic amines is 1. The van der Waals surface area contributed by atoms with E-state index in [0.717, 1.165) is 0 Å². The molecule has 0 amide bonds. The van der Waals surface area contributed by atoms with Crippen molar-refractivity contribution in [1.29, 1.82) is 0 Å². The second-order valence-electron chi connectivity index (χ2n) is 3.92. The topological polar surface area (TPSA) is 55.0 Å². The molecule has 0 aliphatic carbocycles. The Kier molecular flexibility index (Phi) is 3.53. The van der Waals surface area contributed by atoms with E-state index >= 15 is 0 Å². The Balaban J connectivity index is 2.56. The van der Waals surface area contributed by atoms with Gasteiger partial charge in [0.25, 0.3) is 5.56 Å². The van der Waals surface area contributed by atoms with E-state index in [-0.39, 0.29) is 18.0 Å². The van der Waals surface area contributed by atoms with Gasteiger partial charge < -0.3 is 9.72 Å². The maximum absolute atomic E-state index is 13.5. The third-order valence-electron chi connectivity index (χ3n) is 2.62. The number of rotatable bonds is 3. The quantitative estimate of drug-likeness (QED) is 0.904. The number of nitrogens with one attached hydrogen (secondary N) is 1. The fraction of sp³-hybridized carbons (Fsp3) is 0.231. The maximum atomic E-state index is 13.5. The van der Waals surface area contributed by atoms with Crippen molar-refractivity contribution in [3.63, 3.8) is 0 Å². The average molecular weight is 248 g/mol. The number of benzene rings is 1. The van der Waals surface area contributed by atoms with Gasteiger partial charge >= 0.3 is 0 Å². The highest BCUT2D eigenvalue weighted by Gasteiger charge is 2.09. The van der Waals surface area contributed by atoms with Gasteiger partial charge in [0.2, 0.25) is 0 Å². The lowest BCUT2D eigenvalue weighted by Gasteiger charge is -2.07. The lowest BCUT2D eigenvalue weighted by Crippen LogP contribution is -2.12. The number of ether oxygens (including phenoxy) is 1. The highest BCUT2D eigenvalue weighted by Crippen LogP contribution is 2.22. The normalized spacial score (nSPS) is 10.6. The molecule has 18 heavy (non-hydrogen) atoms. The van der Waals surface area contributed by atoms with Crippen LogP contribution in [0.25, 0.3) is 11.3 Å². The predicted octanol–water partition coefficient (Wildman–Crippen LogP) is 2.03. The molecule has 0 aliphatic heterocycles. The molecule has 94 valence electrons. The third-order valence-corrected chi connectivity index (χ3v) is 2.62. The second kappa shape index (κ2) is 5.10. The number of H-pyrrole nitrogens is 1. The van der Waals surface area contributed by atoms with Crippen molar-refractivity contribution >= 4 is 0 Å². The highest BCUT2D eigenvalue weighted by atomic mass is 19.1. The summed E-state index contributed by atoms with van der Waals surface area (Å²) in [7, 11) is 1.51. The van der Waals surface area contributed by atoms with Gasteiger partial charge in [0.05, 0.1) is 5.69 Å². The van der Waals surface area contributed by atoms with E-state index in [1.165, 1.54) is 19.2 Å². The average Bonchev–Trinajstić information content (AvgIpc) is 2.32. The molecule has 0 bridgehead atoms. The van der Waals surface area contributed by atoms with E-state index in [4.69, 9.17) is 4.74 Å². The Labute approximate surface area is 103 Å². The molecule has 0 spiro atoms. The second-order valence-corrected chi connectivity index (χ2v) is 3.92. The lowest BCUT2D eigenvalue weighted by atomic mass is 10.1. The van der Waals surface area contributed by atoms with Crippen LogP contribution in [0.5, 0.6) is 0 Å². The minimum absolute atomic E-state index is 0.206. The van der Waals surface area contributed by atoms with Crippen LogP contribution in [0.4, 0.5) is 4.39 Å². The van der Waals surface area contributed by atoms with Gasteiger partial charge in [-0.15, -0.1) is 0 Å². The van der Waals surface area contributed by atoms with Crippen LogP contribution >= 0.6 is 0 Å². The molecule has 5 heteroatoms. The summed E-state index contributed by atoms with van der Waals surface area (Å²) in [6, 6.07) is 6.05. The van der Waals surface area contributed by atoms with Crippen LogP contribution < -0.4 is 5.56 Å². The summed E-state index contributed by atoms with van der Waals surface area (Å²) in [5.74, 6) is 0.103. The van der Waals surface area contributed by atoms with Crippen LogP contribution in [0.3, 0.4) is 0 Å². The van der Waals surface area contributed by atoms with E-state index in [1.807, 2.05) is 0 Å². The van der Waals surface area contributed by atoms with Gasteiger partial charge in [0.1, 0.15) is 18.2 Å². The van der Waals surface area contributed by atoms with E-state index in [9.17, 15) is 9.18 Å². The molecule has 1 heterocycles. The number of halogens is 1. The molecule has 1 aromatic heterocycles. The first kappa shape index (κ1) is 12.4. The molecule has 0 radical (unpaired) electrons. The zero-order valence-electron chi connectivity index (χ0n) is 10.2. The maximum Gasteiger partial charge on any atom is 0.251 e. The summed E-state index contributed by atoms with van der Waals surface area (Å²) >= 11 is 0.